The molecule has 1 heterocycles. The summed E-state index contributed by atoms with van der Waals surface area (Å²) in [6.45, 7) is 3.95. The molecule has 1 aromatic heterocycles. The van der Waals surface area contributed by atoms with Crippen LogP contribution in [0.2, 0.25) is 0 Å². The summed E-state index contributed by atoms with van der Waals surface area (Å²) in [7, 11) is 1.82. The van der Waals surface area contributed by atoms with E-state index in [0.717, 1.165) is 22.3 Å². The maximum atomic E-state index is 9.73. The summed E-state index contributed by atoms with van der Waals surface area (Å²) in [6, 6.07) is 5.69. The molecule has 0 aliphatic carbocycles. The highest BCUT2D eigenvalue weighted by atomic mass is 16.5. The summed E-state index contributed by atoms with van der Waals surface area (Å²) >= 11 is 0. The van der Waals surface area contributed by atoms with Crippen LogP contribution >= 0.6 is 0 Å². The average molecular weight is 275 g/mol. The van der Waals surface area contributed by atoms with Crippen LogP contribution in [0.5, 0.6) is 5.75 Å². The molecule has 0 bridgehead atoms. The number of rotatable bonds is 5. The number of pyridine rings is 1. The Bertz CT molecular complexity index is 606. The van der Waals surface area contributed by atoms with Crippen LogP contribution in [0.3, 0.4) is 0 Å². The van der Waals surface area contributed by atoms with Gasteiger partial charge in [0, 0.05) is 13.5 Å². The fourth-order valence-corrected chi connectivity index (χ4v) is 2.03. The number of hydrogen-bond donors (Lipinski definition) is 3. The van der Waals surface area contributed by atoms with Gasteiger partial charge in [0.05, 0.1) is 40.7 Å². The van der Waals surface area contributed by atoms with E-state index >= 15 is 0 Å². The Morgan fingerprint density at radius 1 is 1.40 bits per heavy atom. The first-order valence-corrected chi connectivity index (χ1v) is 6.62. The maximum absolute atomic E-state index is 9.73. The fraction of sp³-hybridized carbons (Fsp3) is 0.400. The molecule has 2 aromatic rings. The molecule has 0 fully saturated rings. The van der Waals surface area contributed by atoms with Gasteiger partial charge >= 0.3 is 0 Å². The van der Waals surface area contributed by atoms with Crippen LogP contribution in [0, 0.1) is 0 Å². The van der Waals surface area contributed by atoms with Crippen LogP contribution in [-0.2, 0) is 0 Å². The number of aliphatic hydroxyl groups is 1. The first kappa shape index (κ1) is 14.4. The third kappa shape index (κ3) is 3.11. The van der Waals surface area contributed by atoms with Gasteiger partial charge in [0.2, 0.25) is 0 Å². The number of fused-ring (bicyclic) bond motifs is 1. The summed E-state index contributed by atoms with van der Waals surface area (Å²) in [4.78, 5) is 4.31. The number of nitrogen functional groups attached to an aromatic ring is 1. The third-order valence-electron chi connectivity index (χ3n) is 3.11. The molecule has 5 heteroatoms. The lowest BCUT2D eigenvalue weighted by atomic mass is 10.1. The number of nitrogens with zero attached hydrogens (tertiary/aromatic N) is 1. The largest absolute Gasteiger partial charge is 0.493 e. The van der Waals surface area contributed by atoms with Crippen molar-refractivity contribution in [3.8, 4) is 5.75 Å². The van der Waals surface area contributed by atoms with E-state index in [0.29, 0.717) is 18.7 Å². The van der Waals surface area contributed by atoms with E-state index in [-0.39, 0.29) is 0 Å². The second-order valence-corrected chi connectivity index (χ2v) is 5.40. The van der Waals surface area contributed by atoms with Gasteiger partial charge in [-0.15, -0.1) is 0 Å². The highest BCUT2D eigenvalue weighted by Crippen LogP contribution is 2.34. The number of hydrogen-bond acceptors (Lipinski definition) is 5. The lowest BCUT2D eigenvalue weighted by Gasteiger charge is -2.18. The monoisotopic (exact) mass is 275 g/mol. The zero-order valence-corrected chi connectivity index (χ0v) is 12.1. The summed E-state index contributed by atoms with van der Waals surface area (Å²) in [5.74, 6) is 0.718. The van der Waals surface area contributed by atoms with Crippen molar-refractivity contribution < 1.29 is 9.84 Å². The highest BCUT2D eigenvalue weighted by Gasteiger charge is 2.14. The predicted molar refractivity (Wildman–Crippen MR) is 82.1 cm³/mol. The number of aromatic nitrogens is 1. The third-order valence-corrected chi connectivity index (χ3v) is 3.11. The van der Waals surface area contributed by atoms with E-state index in [1.807, 2.05) is 25.2 Å². The van der Waals surface area contributed by atoms with Gasteiger partial charge in [0.1, 0.15) is 5.75 Å². The Kier molecular flexibility index (Phi) is 3.99. The van der Waals surface area contributed by atoms with E-state index in [1.165, 1.54) is 0 Å². The number of anilines is 2. The van der Waals surface area contributed by atoms with Crippen molar-refractivity contribution in [2.24, 2.45) is 0 Å². The number of nitrogens with one attached hydrogen (secondary N) is 1. The zero-order valence-electron chi connectivity index (χ0n) is 12.1. The molecule has 2 rings (SSSR count). The van der Waals surface area contributed by atoms with E-state index < -0.39 is 5.60 Å². The lowest BCUT2D eigenvalue weighted by Crippen LogP contribution is -2.21. The Morgan fingerprint density at radius 3 is 2.80 bits per heavy atom. The Labute approximate surface area is 118 Å². The molecule has 0 aliphatic rings. The first-order valence-electron chi connectivity index (χ1n) is 6.62. The molecule has 0 amide bonds. The van der Waals surface area contributed by atoms with Gasteiger partial charge in [-0.05, 0) is 26.0 Å². The van der Waals surface area contributed by atoms with Crippen LogP contribution in [0.1, 0.15) is 20.3 Å². The summed E-state index contributed by atoms with van der Waals surface area (Å²) in [5.41, 5.74) is 7.42. The molecule has 1 aromatic carbocycles. The molecule has 108 valence electrons. The Morgan fingerprint density at radius 2 is 2.15 bits per heavy atom. The molecular weight excluding hydrogens is 254 g/mol. The van der Waals surface area contributed by atoms with Gasteiger partial charge in [-0.2, -0.15) is 0 Å². The smallest absolute Gasteiger partial charge is 0.130 e. The van der Waals surface area contributed by atoms with E-state index in [2.05, 4.69) is 10.3 Å². The van der Waals surface area contributed by atoms with Crippen LogP contribution in [0.15, 0.2) is 24.4 Å². The number of nitrogens with two attached hydrogens (primary N) is 1. The molecule has 0 spiro atoms. The van der Waals surface area contributed by atoms with Crippen molar-refractivity contribution in [3.05, 3.63) is 24.4 Å². The summed E-state index contributed by atoms with van der Waals surface area (Å²) in [5, 5.41) is 13.7. The molecule has 0 atom stereocenters. The van der Waals surface area contributed by atoms with E-state index in [4.69, 9.17) is 10.5 Å². The molecule has 0 unspecified atom stereocenters. The van der Waals surface area contributed by atoms with E-state index in [1.54, 1.807) is 20.0 Å². The van der Waals surface area contributed by atoms with E-state index in [9.17, 15) is 5.11 Å². The SMILES string of the molecule is CNc1c(N)cnc2cccc(OCCC(C)(C)O)c12. The van der Waals surface area contributed by atoms with Gasteiger partial charge in [0.25, 0.3) is 0 Å². The normalized spacial score (nSPS) is 11.6. The topological polar surface area (TPSA) is 80.4 Å². The predicted octanol–water partition coefficient (Wildman–Crippen LogP) is 2.40. The molecule has 0 aliphatic heterocycles. The molecule has 0 radical (unpaired) electrons. The zero-order chi connectivity index (χ0) is 14.8. The molecule has 4 N–H and O–H groups in total. The van der Waals surface area contributed by atoms with Crippen LogP contribution in [0.4, 0.5) is 11.4 Å². The number of ether oxygens (including phenoxy) is 1. The van der Waals surface area contributed by atoms with Gasteiger partial charge in [-0.3, -0.25) is 4.98 Å². The van der Waals surface area contributed by atoms with Crippen molar-refractivity contribution in [3.63, 3.8) is 0 Å². The van der Waals surface area contributed by atoms with Gasteiger partial charge < -0.3 is 20.9 Å². The van der Waals surface area contributed by atoms with Crippen LogP contribution < -0.4 is 15.8 Å². The minimum Gasteiger partial charge on any atom is -0.493 e. The van der Waals surface area contributed by atoms with Crippen LogP contribution in [0.25, 0.3) is 10.9 Å². The van der Waals surface area contributed by atoms with Crippen molar-refractivity contribution in [2.75, 3.05) is 24.7 Å². The summed E-state index contributed by atoms with van der Waals surface area (Å²) in [6.07, 6.45) is 2.18. The van der Waals surface area contributed by atoms with Crippen molar-refractivity contribution in [1.29, 1.82) is 0 Å². The molecule has 20 heavy (non-hydrogen) atoms. The first-order chi connectivity index (χ1) is 9.42. The minimum absolute atomic E-state index is 0.431. The molecule has 0 saturated carbocycles. The minimum atomic E-state index is -0.742. The number of benzene rings is 1. The molecule has 5 nitrogen and oxygen atoms in total. The highest BCUT2D eigenvalue weighted by molar-refractivity contribution is 6.01. The maximum Gasteiger partial charge on any atom is 0.130 e. The fourth-order valence-electron chi connectivity index (χ4n) is 2.03. The van der Waals surface area contributed by atoms with Crippen molar-refractivity contribution in [2.45, 2.75) is 25.9 Å². The average Bonchev–Trinajstić information content (AvgIpc) is 2.37. The summed E-state index contributed by atoms with van der Waals surface area (Å²) < 4.78 is 5.80. The Balaban J connectivity index is 2.35. The van der Waals surface area contributed by atoms with Crippen molar-refractivity contribution in [1.82, 2.24) is 4.98 Å². The molecular formula is C15H21N3O2. The molecule has 0 saturated heterocycles. The lowest BCUT2D eigenvalue weighted by molar-refractivity contribution is 0.0555. The second-order valence-electron chi connectivity index (χ2n) is 5.40. The van der Waals surface area contributed by atoms with Gasteiger partial charge in [-0.25, -0.2) is 0 Å². The van der Waals surface area contributed by atoms with Gasteiger partial charge in [0.15, 0.2) is 0 Å². The second kappa shape index (κ2) is 5.54. The Hall–Kier alpha value is -2.01. The standard InChI is InChI=1S/C15H21N3O2/c1-15(2,19)7-8-20-12-6-4-5-11-13(12)14(17-3)10(16)9-18-11/h4-6,9,19H,7-8,16H2,1-3H3,(H,17,18). The van der Waals surface area contributed by atoms with Gasteiger partial charge in [-0.1, -0.05) is 6.07 Å². The van der Waals surface area contributed by atoms with Crippen molar-refractivity contribution >= 4 is 22.3 Å². The van der Waals surface area contributed by atoms with Crippen LogP contribution in [-0.4, -0.2) is 29.3 Å². The quantitative estimate of drug-likeness (QED) is 0.780.